The number of hydrogen-bond acceptors (Lipinski definition) is 5. The summed E-state index contributed by atoms with van der Waals surface area (Å²) in [4.78, 5) is 7.73. The van der Waals surface area contributed by atoms with Crippen molar-refractivity contribution in [3.63, 3.8) is 0 Å². The summed E-state index contributed by atoms with van der Waals surface area (Å²) in [7, 11) is -2.23. The molecule has 0 saturated carbocycles. The summed E-state index contributed by atoms with van der Waals surface area (Å²) in [5.74, 6) is 0.732. The van der Waals surface area contributed by atoms with Gasteiger partial charge in [-0.1, -0.05) is 41.3 Å². The molecule has 0 bridgehead atoms. The monoisotopic (exact) mass is 399 g/mol. The zero-order chi connectivity index (χ0) is 18.9. The third kappa shape index (κ3) is 3.54. The van der Waals surface area contributed by atoms with Crippen LogP contribution in [0.25, 0.3) is 20.2 Å². The number of hydrogen-bond donors (Lipinski definition) is 1. The lowest BCUT2D eigenvalue weighted by atomic mass is 10.1. The van der Waals surface area contributed by atoms with Crippen molar-refractivity contribution in [2.75, 3.05) is 7.11 Å². The fourth-order valence-electron chi connectivity index (χ4n) is 2.92. The molecule has 0 unspecified atom stereocenters. The number of thiophene rings is 1. The van der Waals surface area contributed by atoms with E-state index < -0.39 is 10.0 Å². The van der Waals surface area contributed by atoms with Gasteiger partial charge in [-0.2, -0.15) is 0 Å². The first kappa shape index (κ1) is 17.9. The summed E-state index contributed by atoms with van der Waals surface area (Å²) < 4.78 is 32.7. The minimum Gasteiger partial charge on any atom is -0.497 e. The second-order valence-electron chi connectivity index (χ2n) is 5.95. The fraction of sp³-hybridized carbons (Fsp3) is 0.100. The van der Waals surface area contributed by atoms with E-state index in [9.17, 15) is 8.42 Å². The van der Waals surface area contributed by atoms with Crippen molar-refractivity contribution in [2.24, 2.45) is 0 Å². The largest absolute Gasteiger partial charge is 0.497 e. The van der Waals surface area contributed by atoms with E-state index in [1.807, 2.05) is 42.5 Å². The van der Waals surface area contributed by atoms with Gasteiger partial charge in [-0.3, -0.25) is 4.84 Å². The molecular weight excluding hydrogens is 382 g/mol. The molecule has 1 N–H and O–H groups in total. The van der Waals surface area contributed by atoms with Crippen molar-refractivity contribution < 1.29 is 18.0 Å². The summed E-state index contributed by atoms with van der Waals surface area (Å²) in [6, 6.07) is 20.3. The van der Waals surface area contributed by atoms with Crippen LogP contribution in [0.4, 0.5) is 0 Å². The Morgan fingerprint density at radius 1 is 0.926 bits per heavy atom. The maximum absolute atomic E-state index is 12.8. The van der Waals surface area contributed by atoms with Crippen LogP contribution in [0.1, 0.15) is 5.56 Å². The summed E-state index contributed by atoms with van der Waals surface area (Å²) >= 11 is 1.57. The van der Waals surface area contributed by atoms with Crippen LogP contribution < -0.4 is 9.62 Å². The lowest BCUT2D eigenvalue weighted by Gasteiger charge is -2.09. The molecule has 0 fully saturated rings. The number of nitrogens with one attached hydrogen (secondary N) is 1. The van der Waals surface area contributed by atoms with Gasteiger partial charge in [0.15, 0.2) is 0 Å². The molecule has 0 atom stereocenters. The molecule has 0 amide bonds. The third-order valence-corrected chi connectivity index (χ3v) is 6.61. The van der Waals surface area contributed by atoms with E-state index in [1.165, 1.54) is 0 Å². The van der Waals surface area contributed by atoms with Crippen molar-refractivity contribution in [2.45, 2.75) is 11.5 Å². The maximum Gasteiger partial charge on any atom is 0.263 e. The topological polar surface area (TPSA) is 64.6 Å². The molecule has 3 aromatic carbocycles. The van der Waals surface area contributed by atoms with Crippen molar-refractivity contribution in [1.82, 2.24) is 4.89 Å². The van der Waals surface area contributed by atoms with Gasteiger partial charge in [0.25, 0.3) is 10.0 Å². The SMILES string of the molecule is COc1ccc(CONS(=O)(=O)c2cccc3sc4ccccc4c23)cc1. The zero-order valence-corrected chi connectivity index (χ0v) is 16.1. The van der Waals surface area contributed by atoms with Crippen LogP contribution in [-0.4, -0.2) is 15.5 Å². The highest BCUT2D eigenvalue weighted by atomic mass is 32.2. The Morgan fingerprint density at radius 3 is 2.44 bits per heavy atom. The molecule has 0 spiro atoms. The molecule has 4 rings (SSSR count). The lowest BCUT2D eigenvalue weighted by Crippen LogP contribution is -2.24. The van der Waals surface area contributed by atoms with Crippen LogP contribution in [0.2, 0.25) is 0 Å². The Labute approximate surface area is 161 Å². The molecule has 1 aromatic heterocycles. The average molecular weight is 399 g/mol. The molecule has 138 valence electrons. The first-order valence-electron chi connectivity index (χ1n) is 8.25. The van der Waals surface area contributed by atoms with Gasteiger partial charge >= 0.3 is 0 Å². The fourth-order valence-corrected chi connectivity index (χ4v) is 5.17. The first-order valence-corrected chi connectivity index (χ1v) is 10.6. The molecule has 4 aromatic rings. The number of fused-ring (bicyclic) bond motifs is 3. The average Bonchev–Trinajstić information content (AvgIpc) is 3.07. The highest BCUT2D eigenvalue weighted by Gasteiger charge is 2.20. The molecule has 7 heteroatoms. The Morgan fingerprint density at radius 2 is 1.67 bits per heavy atom. The minimum atomic E-state index is -3.82. The van der Waals surface area contributed by atoms with E-state index in [-0.39, 0.29) is 11.5 Å². The van der Waals surface area contributed by atoms with Gasteiger partial charge in [-0.05, 0) is 35.9 Å². The van der Waals surface area contributed by atoms with Gasteiger partial charge in [-0.15, -0.1) is 11.3 Å². The lowest BCUT2D eigenvalue weighted by molar-refractivity contribution is 0.0795. The van der Waals surface area contributed by atoms with Crippen LogP contribution in [0.3, 0.4) is 0 Å². The summed E-state index contributed by atoms with van der Waals surface area (Å²) in [5.41, 5.74) is 0.831. The quantitative estimate of drug-likeness (QED) is 0.486. The predicted octanol–water partition coefficient (Wildman–Crippen LogP) is 4.47. The van der Waals surface area contributed by atoms with Crippen molar-refractivity contribution in [3.8, 4) is 5.75 Å². The van der Waals surface area contributed by atoms with E-state index in [0.717, 1.165) is 31.5 Å². The minimum absolute atomic E-state index is 0.115. The molecule has 27 heavy (non-hydrogen) atoms. The first-order chi connectivity index (χ1) is 13.1. The molecular formula is C20H17NO4S2. The van der Waals surface area contributed by atoms with E-state index >= 15 is 0 Å². The van der Waals surface area contributed by atoms with Crippen LogP contribution in [0, 0.1) is 0 Å². The molecule has 1 heterocycles. The predicted molar refractivity (Wildman–Crippen MR) is 107 cm³/mol. The van der Waals surface area contributed by atoms with Crippen LogP contribution in [-0.2, 0) is 21.5 Å². The summed E-state index contributed by atoms with van der Waals surface area (Å²) in [6.07, 6.45) is 0. The Balaban J connectivity index is 1.60. The maximum atomic E-state index is 12.8. The van der Waals surface area contributed by atoms with Gasteiger partial charge in [0.05, 0.1) is 18.6 Å². The number of rotatable bonds is 6. The molecule has 0 aliphatic rings. The van der Waals surface area contributed by atoms with Crippen molar-refractivity contribution >= 4 is 41.5 Å². The van der Waals surface area contributed by atoms with Crippen LogP contribution in [0.5, 0.6) is 5.75 Å². The normalized spacial score (nSPS) is 11.9. The highest BCUT2D eigenvalue weighted by molar-refractivity contribution is 7.89. The van der Waals surface area contributed by atoms with Crippen molar-refractivity contribution in [3.05, 3.63) is 72.3 Å². The van der Waals surface area contributed by atoms with E-state index in [4.69, 9.17) is 9.57 Å². The molecule has 0 aliphatic heterocycles. The second-order valence-corrected chi connectivity index (χ2v) is 8.65. The van der Waals surface area contributed by atoms with E-state index in [0.29, 0.717) is 0 Å². The summed E-state index contributed by atoms with van der Waals surface area (Å²) in [5, 5.41) is 1.65. The summed E-state index contributed by atoms with van der Waals surface area (Å²) in [6.45, 7) is 0.115. The van der Waals surface area contributed by atoms with Gasteiger partial charge in [0.2, 0.25) is 0 Å². The van der Waals surface area contributed by atoms with E-state index in [2.05, 4.69) is 4.89 Å². The number of methoxy groups -OCH3 is 1. The Hall–Kier alpha value is -2.45. The number of ether oxygens (including phenoxy) is 1. The van der Waals surface area contributed by atoms with Gasteiger partial charge in [0.1, 0.15) is 5.75 Å². The van der Waals surface area contributed by atoms with Gasteiger partial charge in [-0.25, -0.2) is 8.42 Å². The second kappa shape index (κ2) is 7.28. The van der Waals surface area contributed by atoms with Crippen LogP contribution in [0.15, 0.2) is 71.6 Å². The highest BCUT2D eigenvalue weighted by Crippen LogP contribution is 2.37. The smallest absolute Gasteiger partial charge is 0.263 e. The molecule has 0 aliphatic carbocycles. The van der Waals surface area contributed by atoms with Gasteiger partial charge < -0.3 is 4.74 Å². The molecule has 0 saturated heterocycles. The third-order valence-electron chi connectivity index (χ3n) is 4.22. The van der Waals surface area contributed by atoms with Crippen molar-refractivity contribution in [1.29, 1.82) is 0 Å². The van der Waals surface area contributed by atoms with Gasteiger partial charge in [0, 0.05) is 20.2 Å². The number of sulfonamides is 1. The molecule has 0 radical (unpaired) electrons. The van der Waals surface area contributed by atoms with Crippen LogP contribution >= 0.6 is 11.3 Å². The number of benzene rings is 3. The van der Waals surface area contributed by atoms with E-state index in [1.54, 1.807) is 42.7 Å². The standard InChI is InChI=1S/C20H17NO4S2/c1-24-15-11-9-14(10-12-15)13-25-21-27(22,23)19-8-4-7-18-20(19)16-5-2-3-6-17(16)26-18/h2-12,21H,13H2,1H3. The zero-order valence-electron chi connectivity index (χ0n) is 14.5. The Bertz CT molecular complexity index is 1200. The molecule has 5 nitrogen and oxygen atoms in total. The Kier molecular flexibility index (Phi) is 4.84.